The molecule has 1 saturated heterocycles. The van der Waals surface area contributed by atoms with Gasteiger partial charge in [0.05, 0.1) is 6.04 Å². The molecule has 2 unspecified atom stereocenters. The maximum atomic E-state index is 12.3. The van der Waals surface area contributed by atoms with Crippen LogP contribution in [0.3, 0.4) is 0 Å². The Hall–Kier alpha value is -3.02. The number of ether oxygens (including phenoxy) is 2. The van der Waals surface area contributed by atoms with Crippen molar-refractivity contribution in [1.82, 2.24) is 14.5 Å². The lowest BCUT2D eigenvalue weighted by Gasteiger charge is -2.44. The number of halogens is 3. The Balaban J connectivity index is 1.40. The highest BCUT2D eigenvalue weighted by atomic mass is 19.4. The molecule has 0 spiro atoms. The average molecular weight is 427 g/mol. The van der Waals surface area contributed by atoms with Crippen LogP contribution in [-0.2, 0) is 0 Å². The second-order valence-electron chi connectivity index (χ2n) is 7.39. The molecular formula is C18H20F3N5O4. The molecule has 12 heteroatoms. The van der Waals surface area contributed by atoms with Crippen LogP contribution in [0.5, 0.6) is 11.8 Å². The molecular weight excluding hydrogens is 407 g/mol. The SMILES string of the molecule is CC1n2cc([N+](=O)[O-])nc2OC1(C)N1CCN(c2ccc(OC(F)(F)F)cc2)CC1. The number of anilines is 1. The van der Waals surface area contributed by atoms with Crippen molar-refractivity contribution in [2.45, 2.75) is 32.0 Å². The van der Waals surface area contributed by atoms with Crippen LogP contribution in [0.2, 0.25) is 0 Å². The number of hydrogen-bond acceptors (Lipinski definition) is 7. The standard InChI is InChI=1S/C18H20F3N5O4/c1-12-17(2,30-16-22-15(26(27)28)11-25(12)16)24-9-7-23(8-10-24)13-3-5-14(6-4-13)29-18(19,20)21/h3-6,11-12H,7-10H2,1-2H3. The van der Waals surface area contributed by atoms with E-state index in [2.05, 4.69) is 19.5 Å². The molecule has 30 heavy (non-hydrogen) atoms. The second kappa shape index (κ2) is 7.04. The van der Waals surface area contributed by atoms with E-state index in [1.807, 2.05) is 13.8 Å². The van der Waals surface area contributed by atoms with Gasteiger partial charge >= 0.3 is 18.2 Å². The van der Waals surface area contributed by atoms with Gasteiger partial charge in [0.1, 0.15) is 11.9 Å². The lowest BCUT2D eigenvalue weighted by atomic mass is 10.0. The molecule has 9 nitrogen and oxygen atoms in total. The number of hydrogen-bond donors (Lipinski definition) is 0. The summed E-state index contributed by atoms with van der Waals surface area (Å²) in [7, 11) is 0. The first-order valence-corrected chi connectivity index (χ1v) is 9.35. The normalized spacial score (nSPS) is 24.4. The van der Waals surface area contributed by atoms with Crippen LogP contribution in [-0.4, -0.2) is 57.6 Å². The summed E-state index contributed by atoms with van der Waals surface area (Å²) in [5.41, 5.74) is 0.104. The maximum Gasteiger partial charge on any atom is 0.573 e. The molecule has 0 bridgehead atoms. The van der Waals surface area contributed by atoms with Gasteiger partial charge in [0.25, 0.3) is 0 Å². The fourth-order valence-corrected chi connectivity index (χ4v) is 3.93. The predicted molar refractivity (Wildman–Crippen MR) is 99.5 cm³/mol. The second-order valence-corrected chi connectivity index (χ2v) is 7.39. The molecule has 1 aromatic heterocycles. The summed E-state index contributed by atoms with van der Waals surface area (Å²) in [5, 5.41) is 10.9. The van der Waals surface area contributed by atoms with Gasteiger partial charge in [-0.15, -0.1) is 13.2 Å². The monoisotopic (exact) mass is 427 g/mol. The van der Waals surface area contributed by atoms with Gasteiger partial charge in [-0.2, -0.15) is 0 Å². The van der Waals surface area contributed by atoms with Crippen molar-refractivity contribution in [3.63, 3.8) is 0 Å². The van der Waals surface area contributed by atoms with Crippen LogP contribution in [0.15, 0.2) is 30.5 Å². The summed E-state index contributed by atoms with van der Waals surface area (Å²) >= 11 is 0. The van der Waals surface area contributed by atoms with Gasteiger partial charge in [0, 0.05) is 36.9 Å². The number of rotatable bonds is 4. The van der Waals surface area contributed by atoms with Crippen LogP contribution in [0.4, 0.5) is 24.7 Å². The van der Waals surface area contributed by atoms with Gasteiger partial charge < -0.3 is 24.5 Å². The van der Waals surface area contributed by atoms with Gasteiger partial charge in [-0.05, 0) is 43.0 Å². The lowest BCUT2D eigenvalue weighted by molar-refractivity contribution is -0.389. The number of alkyl halides is 3. The van der Waals surface area contributed by atoms with Crippen molar-refractivity contribution < 1.29 is 27.6 Å². The van der Waals surface area contributed by atoms with E-state index >= 15 is 0 Å². The Bertz CT molecular complexity index is 940. The average Bonchev–Trinajstić information content (AvgIpc) is 3.20. The summed E-state index contributed by atoms with van der Waals surface area (Å²) < 4.78 is 48.5. The number of nitro groups is 1. The minimum Gasteiger partial charge on any atom is -0.422 e. The molecule has 4 rings (SSSR count). The zero-order valence-corrected chi connectivity index (χ0v) is 16.3. The van der Waals surface area contributed by atoms with Crippen molar-refractivity contribution in [1.29, 1.82) is 0 Å². The van der Waals surface area contributed by atoms with Crippen LogP contribution in [0, 0.1) is 10.1 Å². The third kappa shape index (κ3) is 3.62. The van der Waals surface area contributed by atoms with Crippen LogP contribution < -0.4 is 14.4 Å². The van der Waals surface area contributed by atoms with Gasteiger partial charge in [-0.3, -0.25) is 9.47 Å². The number of piperazine rings is 1. The predicted octanol–water partition coefficient (Wildman–Crippen LogP) is 3.18. The van der Waals surface area contributed by atoms with Gasteiger partial charge in [0.2, 0.25) is 0 Å². The van der Waals surface area contributed by atoms with E-state index in [9.17, 15) is 23.3 Å². The zero-order valence-electron chi connectivity index (χ0n) is 16.3. The van der Waals surface area contributed by atoms with E-state index in [1.165, 1.54) is 18.3 Å². The first-order valence-electron chi connectivity index (χ1n) is 9.35. The molecule has 162 valence electrons. The van der Waals surface area contributed by atoms with E-state index in [-0.39, 0.29) is 23.6 Å². The molecule has 0 amide bonds. The Morgan fingerprint density at radius 3 is 2.40 bits per heavy atom. The third-order valence-electron chi connectivity index (χ3n) is 5.71. The molecule has 3 heterocycles. The van der Waals surface area contributed by atoms with E-state index in [4.69, 9.17) is 4.74 Å². The number of benzene rings is 1. The minimum atomic E-state index is -4.71. The van der Waals surface area contributed by atoms with Crippen LogP contribution >= 0.6 is 0 Å². The quantitative estimate of drug-likeness (QED) is 0.547. The number of fused-ring (bicyclic) bond motifs is 1. The van der Waals surface area contributed by atoms with E-state index < -0.39 is 17.0 Å². The van der Waals surface area contributed by atoms with Gasteiger partial charge in [-0.1, -0.05) is 0 Å². The maximum absolute atomic E-state index is 12.3. The fourth-order valence-electron chi connectivity index (χ4n) is 3.93. The Kier molecular flexibility index (Phi) is 4.76. The van der Waals surface area contributed by atoms with Crippen molar-refractivity contribution in [3.8, 4) is 11.8 Å². The highest BCUT2D eigenvalue weighted by Crippen LogP contribution is 2.42. The molecule has 0 radical (unpaired) electrons. The molecule has 0 N–H and O–H groups in total. The Morgan fingerprint density at radius 1 is 1.23 bits per heavy atom. The van der Waals surface area contributed by atoms with Crippen molar-refractivity contribution in [3.05, 3.63) is 40.6 Å². The smallest absolute Gasteiger partial charge is 0.422 e. The van der Waals surface area contributed by atoms with E-state index in [0.717, 1.165) is 5.69 Å². The lowest BCUT2D eigenvalue weighted by Crippen LogP contribution is -2.59. The van der Waals surface area contributed by atoms with Crippen molar-refractivity contribution in [2.24, 2.45) is 0 Å². The summed E-state index contributed by atoms with van der Waals surface area (Å²) in [4.78, 5) is 18.5. The fraction of sp³-hybridized carbons (Fsp3) is 0.500. The minimum absolute atomic E-state index is 0.181. The molecule has 2 aliphatic rings. The molecule has 2 aliphatic heterocycles. The summed E-state index contributed by atoms with van der Waals surface area (Å²) in [6, 6.07) is 5.83. The van der Waals surface area contributed by atoms with Crippen molar-refractivity contribution >= 4 is 11.5 Å². The Morgan fingerprint density at radius 2 is 1.87 bits per heavy atom. The van der Waals surface area contributed by atoms with Crippen LogP contribution in [0.1, 0.15) is 19.9 Å². The topological polar surface area (TPSA) is 85.9 Å². The molecule has 1 aromatic carbocycles. The van der Waals surface area contributed by atoms with Gasteiger partial charge in [0.15, 0.2) is 5.72 Å². The van der Waals surface area contributed by atoms with E-state index in [0.29, 0.717) is 26.2 Å². The molecule has 0 aliphatic carbocycles. The summed E-state index contributed by atoms with van der Waals surface area (Å²) in [6.07, 6.45) is -3.33. The third-order valence-corrected chi connectivity index (χ3v) is 5.71. The van der Waals surface area contributed by atoms with Gasteiger partial charge in [-0.25, -0.2) is 0 Å². The first-order chi connectivity index (χ1) is 14.1. The number of imidazole rings is 1. The van der Waals surface area contributed by atoms with Crippen LogP contribution in [0.25, 0.3) is 0 Å². The molecule has 1 fully saturated rings. The van der Waals surface area contributed by atoms with Crippen molar-refractivity contribution in [2.75, 3.05) is 31.1 Å². The summed E-state index contributed by atoms with van der Waals surface area (Å²) in [5.74, 6) is -0.504. The molecule has 2 aromatic rings. The largest absolute Gasteiger partial charge is 0.573 e. The van der Waals surface area contributed by atoms with E-state index in [1.54, 1.807) is 16.7 Å². The first kappa shape index (κ1) is 20.3. The highest BCUT2D eigenvalue weighted by Gasteiger charge is 2.50. The molecule has 0 saturated carbocycles. The summed E-state index contributed by atoms with van der Waals surface area (Å²) in [6.45, 7) is 6.44. The number of nitrogens with zero attached hydrogens (tertiary/aromatic N) is 5. The Labute approximate surface area is 169 Å². The number of aromatic nitrogens is 2. The molecule has 2 atom stereocenters. The highest BCUT2D eigenvalue weighted by molar-refractivity contribution is 5.49. The zero-order chi connectivity index (χ0) is 21.7.